The van der Waals surface area contributed by atoms with Gasteiger partial charge in [-0.15, -0.1) is 0 Å². The first kappa shape index (κ1) is 14.4. The molecule has 0 aliphatic rings. The number of nitro benzene ring substituents is 1. The number of rotatable bonds is 2. The standard InChI is InChI=1S/C14H7ClF2N2O3/c1-6-2-7(19(20)21)3-12-13(6)22-14(18-12)8-4-10(16)11(17)5-9(8)15/h2-5H,1H3. The number of oxazole rings is 1. The van der Waals surface area contributed by atoms with Crippen LogP contribution in [0.5, 0.6) is 0 Å². The molecular weight excluding hydrogens is 318 g/mol. The Kier molecular flexibility index (Phi) is 3.29. The molecule has 0 aliphatic carbocycles. The highest BCUT2D eigenvalue weighted by molar-refractivity contribution is 6.33. The monoisotopic (exact) mass is 324 g/mol. The topological polar surface area (TPSA) is 69.2 Å². The van der Waals surface area contributed by atoms with Gasteiger partial charge in [0, 0.05) is 17.7 Å². The lowest BCUT2D eigenvalue weighted by atomic mass is 10.2. The SMILES string of the molecule is Cc1cc([N+](=O)[O-])cc2nc(-c3cc(F)c(F)cc3Cl)oc12. The van der Waals surface area contributed by atoms with Crippen LogP contribution in [0.15, 0.2) is 28.7 Å². The zero-order chi connectivity index (χ0) is 16.0. The summed E-state index contributed by atoms with van der Waals surface area (Å²) in [5.41, 5.74) is 0.991. The smallest absolute Gasteiger partial charge is 0.272 e. The van der Waals surface area contributed by atoms with Crippen molar-refractivity contribution in [1.29, 1.82) is 0 Å². The minimum atomic E-state index is -1.09. The Hall–Kier alpha value is -2.54. The van der Waals surface area contributed by atoms with Crippen LogP contribution in [-0.2, 0) is 0 Å². The first-order valence-electron chi connectivity index (χ1n) is 6.07. The fraction of sp³-hybridized carbons (Fsp3) is 0.0714. The van der Waals surface area contributed by atoms with Gasteiger partial charge in [-0.25, -0.2) is 13.8 Å². The van der Waals surface area contributed by atoms with Crippen molar-refractivity contribution in [3.63, 3.8) is 0 Å². The molecule has 0 aliphatic heterocycles. The number of fused-ring (bicyclic) bond motifs is 1. The largest absolute Gasteiger partial charge is 0.436 e. The zero-order valence-electron chi connectivity index (χ0n) is 11.1. The van der Waals surface area contributed by atoms with E-state index in [2.05, 4.69) is 4.98 Å². The number of nitro groups is 1. The van der Waals surface area contributed by atoms with Crippen LogP contribution in [0.25, 0.3) is 22.6 Å². The molecule has 3 aromatic rings. The van der Waals surface area contributed by atoms with Gasteiger partial charge in [-0.05, 0) is 19.1 Å². The summed E-state index contributed by atoms with van der Waals surface area (Å²) in [7, 11) is 0. The molecule has 0 fully saturated rings. The predicted octanol–water partition coefficient (Wildman–Crippen LogP) is 4.64. The van der Waals surface area contributed by atoms with Crippen LogP contribution in [0.3, 0.4) is 0 Å². The van der Waals surface area contributed by atoms with E-state index in [4.69, 9.17) is 16.0 Å². The molecule has 2 aromatic carbocycles. The van der Waals surface area contributed by atoms with E-state index in [-0.39, 0.29) is 27.7 Å². The minimum absolute atomic E-state index is 0.0394. The average molecular weight is 325 g/mol. The maximum Gasteiger partial charge on any atom is 0.272 e. The Balaban J connectivity index is 2.23. The third-order valence-corrected chi connectivity index (χ3v) is 3.42. The number of aryl methyl sites for hydroxylation is 1. The molecule has 112 valence electrons. The van der Waals surface area contributed by atoms with Crippen LogP contribution < -0.4 is 0 Å². The summed E-state index contributed by atoms with van der Waals surface area (Å²) in [5.74, 6) is -2.22. The van der Waals surface area contributed by atoms with E-state index in [0.29, 0.717) is 11.1 Å². The summed E-state index contributed by atoms with van der Waals surface area (Å²) >= 11 is 5.87. The molecule has 8 heteroatoms. The van der Waals surface area contributed by atoms with Crippen molar-refractivity contribution < 1.29 is 18.1 Å². The number of non-ortho nitro benzene ring substituents is 1. The number of hydrogen-bond acceptors (Lipinski definition) is 4. The van der Waals surface area contributed by atoms with Gasteiger partial charge in [0.1, 0.15) is 5.52 Å². The maximum atomic E-state index is 13.4. The van der Waals surface area contributed by atoms with E-state index in [1.54, 1.807) is 6.92 Å². The predicted molar refractivity (Wildman–Crippen MR) is 75.8 cm³/mol. The molecule has 0 unspecified atom stereocenters. The van der Waals surface area contributed by atoms with Crippen molar-refractivity contribution in [1.82, 2.24) is 4.98 Å². The molecule has 22 heavy (non-hydrogen) atoms. The summed E-state index contributed by atoms with van der Waals surface area (Å²) in [5, 5.41) is 10.8. The summed E-state index contributed by atoms with van der Waals surface area (Å²) in [4.78, 5) is 14.4. The number of hydrogen-bond donors (Lipinski definition) is 0. The second-order valence-corrected chi connectivity index (χ2v) is 5.04. The Bertz CT molecular complexity index is 924. The third-order valence-electron chi connectivity index (χ3n) is 3.11. The van der Waals surface area contributed by atoms with Gasteiger partial charge in [0.2, 0.25) is 5.89 Å². The van der Waals surface area contributed by atoms with Crippen molar-refractivity contribution in [2.45, 2.75) is 6.92 Å². The molecule has 0 radical (unpaired) electrons. The van der Waals surface area contributed by atoms with Gasteiger partial charge in [-0.1, -0.05) is 11.6 Å². The Morgan fingerprint density at radius 3 is 2.59 bits per heavy atom. The van der Waals surface area contributed by atoms with E-state index < -0.39 is 16.6 Å². The molecule has 0 bridgehead atoms. The molecule has 3 rings (SSSR count). The summed E-state index contributed by atoms with van der Waals surface area (Å²) in [6, 6.07) is 4.26. The van der Waals surface area contributed by atoms with Crippen molar-refractivity contribution in [2.75, 3.05) is 0 Å². The first-order chi connectivity index (χ1) is 10.4. The lowest BCUT2D eigenvalue weighted by molar-refractivity contribution is -0.384. The van der Waals surface area contributed by atoms with E-state index in [9.17, 15) is 18.9 Å². The number of aromatic nitrogens is 1. The van der Waals surface area contributed by atoms with Gasteiger partial charge in [-0.3, -0.25) is 10.1 Å². The van der Waals surface area contributed by atoms with Crippen LogP contribution in [0, 0.1) is 28.7 Å². The van der Waals surface area contributed by atoms with E-state index in [1.165, 1.54) is 12.1 Å². The average Bonchev–Trinajstić information content (AvgIpc) is 2.87. The zero-order valence-corrected chi connectivity index (χ0v) is 11.8. The molecule has 0 amide bonds. The Morgan fingerprint density at radius 1 is 1.23 bits per heavy atom. The molecule has 1 heterocycles. The normalized spacial score (nSPS) is 11.1. The van der Waals surface area contributed by atoms with Gasteiger partial charge >= 0.3 is 0 Å². The van der Waals surface area contributed by atoms with Gasteiger partial charge in [-0.2, -0.15) is 0 Å². The fourth-order valence-corrected chi connectivity index (χ4v) is 2.32. The van der Waals surface area contributed by atoms with Crippen molar-refractivity contribution in [3.05, 3.63) is 56.6 Å². The van der Waals surface area contributed by atoms with Gasteiger partial charge in [0.15, 0.2) is 17.2 Å². The first-order valence-corrected chi connectivity index (χ1v) is 6.45. The number of benzene rings is 2. The summed E-state index contributed by atoms with van der Waals surface area (Å²) < 4.78 is 31.9. The molecule has 1 aromatic heterocycles. The van der Waals surface area contributed by atoms with Crippen LogP contribution in [0.1, 0.15) is 5.56 Å². The highest BCUT2D eigenvalue weighted by Crippen LogP contribution is 2.34. The van der Waals surface area contributed by atoms with E-state index in [1.807, 2.05) is 0 Å². The van der Waals surface area contributed by atoms with Gasteiger partial charge < -0.3 is 4.42 Å². The maximum absolute atomic E-state index is 13.4. The number of halogens is 3. The summed E-state index contributed by atoms with van der Waals surface area (Å²) in [6.07, 6.45) is 0. The fourth-order valence-electron chi connectivity index (χ4n) is 2.09. The highest BCUT2D eigenvalue weighted by atomic mass is 35.5. The van der Waals surface area contributed by atoms with Crippen molar-refractivity contribution in [2.24, 2.45) is 0 Å². The second-order valence-electron chi connectivity index (χ2n) is 4.63. The Labute approximate surface area is 127 Å². The lowest BCUT2D eigenvalue weighted by Gasteiger charge is -2.00. The second kappa shape index (κ2) is 5.03. The van der Waals surface area contributed by atoms with Gasteiger partial charge in [0.25, 0.3) is 5.69 Å². The van der Waals surface area contributed by atoms with Crippen LogP contribution in [0.4, 0.5) is 14.5 Å². The van der Waals surface area contributed by atoms with Crippen LogP contribution >= 0.6 is 11.6 Å². The van der Waals surface area contributed by atoms with Crippen LogP contribution in [0.2, 0.25) is 5.02 Å². The molecule has 0 spiro atoms. The lowest BCUT2D eigenvalue weighted by Crippen LogP contribution is -1.89. The Morgan fingerprint density at radius 2 is 1.91 bits per heavy atom. The molecule has 0 saturated heterocycles. The molecule has 0 atom stereocenters. The minimum Gasteiger partial charge on any atom is -0.436 e. The quantitative estimate of drug-likeness (QED) is 0.391. The molecule has 0 saturated carbocycles. The number of nitrogens with zero attached hydrogens (tertiary/aromatic N) is 2. The molecular formula is C14H7ClF2N2O3. The van der Waals surface area contributed by atoms with Crippen molar-refractivity contribution in [3.8, 4) is 11.5 Å². The molecule has 0 N–H and O–H groups in total. The van der Waals surface area contributed by atoms with E-state index >= 15 is 0 Å². The molecule has 5 nitrogen and oxygen atoms in total. The highest BCUT2D eigenvalue weighted by Gasteiger charge is 2.19. The van der Waals surface area contributed by atoms with Crippen LogP contribution in [-0.4, -0.2) is 9.91 Å². The van der Waals surface area contributed by atoms with Gasteiger partial charge in [0.05, 0.1) is 15.5 Å². The van der Waals surface area contributed by atoms with E-state index in [0.717, 1.165) is 12.1 Å². The summed E-state index contributed by atoms with van der Waals surface area (Å²) in [6.45, 7) is 1.62. The third kappa shape index (κ3) is 2.29. The van der Waals surface area contributed by atoms with Crippen molar-refractivity contribution >= 4 is 28.4 Å².